The molecule has 0 saturated carbocycles. The molecule has 0 radical (unpaired) electrons. The Morgan fingerprint density at radius 1 is 1.07 bits per heavy atom. The maximum atomic E-state index is 13.0. The summed E-state index contributed by atoms with van der Waals surface area (Å²) in [5, 5.41) is 2.57. The molecule has 156 valence electrons. The minimum Gasteiger partial charge on any atom is -0.462 e. The number of anilines is 1. The first kappa shape index (κ1) is 22.5. The average Bonchev–Trinajstić information content (AvgIpc) is 2.68. The van der Waals surface area contributed by atoms with Gasteiger partial charge in [0.25, 0.3) is 0 Å². The van der Waals surface area contributed by atoms with E-state index >= 15 is 0 Å². The second-order valence-electron chi connectivity index (χ2n) is 6.35. The number of carbonyl (C=O) groups excluding carboxylic acids is 2. The first-order chi connectivity index (χ1) is 13.7. The van der Waals surface area contributed by atoms with E-state index in [1.807, 2.05) is 6.92 Å². The zero-order chi connectivity index (χ0) is 21.4. The van der Waals surface area contributed by atoms with Gasteiger partial charge in [-0.2, -0.15) is 4.72 Å². The van der Waals surface area contributed by atoms with Crippen LogP contribution < -0.4 is 10.0 Å². The molecule has 0 aliphatic rings. The number of hydrogen-bond donors (Lipinski definition) is 2. The molecule has 1 atom stereocenters. The molecule has 1 amide bonds. The molecule has 0 heterocycles. The lowest BCUT2D eigenvalue weighted by molar-refractivity contribution is -0.117. The summed E-state index contributed by atoms with van der Waals surface area (Å²) in [5.74, 6) is -1.60. The van der Waals surface area contributed by atoms with Crippen molar-refractivity contribution in [3.63, 3.8) is 0 Å². The van der Waals surface area contributed by atoms with Crippen LogP contribution in [0.1, 0.15) is 37.0 Å². The third kappa shape index (κ3) is 6.65. The summed E-state index contributed by atoms with van der Waals surface area (Å²) in [6, 6.07) is 9.26. The van der Waals surface area contributed by atoms with Crippen molar-refractivity contribution in [2.24, 2.45) is 0 Å². The van der Waals surface area contributed by atoms with E-state index < -0.39 is 33.8 Å². The number of benzene rings is 2. The number of hydrogen-bond acceptors (Lipinski definition) is 5. The molecule has 9 heteroatoms. The minimum atomic E-state index is -3.98. The number of halogens is 1. The number of unbranched alkanes of at least 4 members (excludes halogenated alkanes) is 1. The van der Waals surface area contributed by atoms with Gasteiger partial charge in [0.2, 0.25) is 15.9 Å². The molecule has 0 saturated heterocycles. The molecule has 2 rings (SSSR count). The molecule has 29 heavy (non-hydrogen) atoms. The van der Waals surface area contributed by atoms with Gasteiger partial charge in [0.05, 0.1) is 23.1 Å². The van der Waals surface area contributed by atoms with Crippen LogP contribution in [0.3, 0.4) is 0 Å². The van der Waals surface area contributed by atoms with Crippen molar-refractivity contribution in [1.82, 2.24) is 4.72 Å². The quantitative estimate of drug-likeness (QED) is 0.478. The molecule has 0 aromatic heterocycles. The fourth-order valence-corrected chi connectivity index (χ4v) is 3.50. The highest BCUT2D eigenvalue weighted by Gasteiger charge is 2.22. The van der Waals surface area contributed by atoms with Gasteiger partial charge in [0, 0.05) is 5.69 Å². The number of ether oxygens (including phenoxy) is 1. The number of amides is 1. The van der Waals surface area contributed by atoms with E-state index in [0.29, 0.717) is 17.9 Å². The van der Waals surface area contributed by atoms with Gasteiger partial charge in [0.1, 0.15) is 5.82 Å². The van der Waals surface area contributed by atoms with Crippen molar-refractivity contribution in [2.75, 3.05) is 11.9 Å². The Morgan fingerprint density at radius 2 is 1.69 bits per heavy atom. The number of sulfonamides is 1. The predicted molar refractivity (Wildman–Crippen MR) is 106 cm³/mol. The van der Waals surface area contributed by atoms with Gasteiger partial charge >= 0.3 is 5.97 Å². The van der Waals surface area contributed by atoms with Crippen molar-refractivity contribution in [3.8, 4) is 0 Å². The van der Waals surface area contributed by atoms with E-state index in [2.05, 4.69) is 10.0 Å². The highest BCUT2D eigenvalue weighted by Crippen LogP contribution is 2.13. The summed E-state index contributed by atoms with van der Waals surface area (Å²) in [5.41, 5.74) is 0.747. The molecule has 2 aromatic rings. The maximum Gasteiger partial charge on any atom is 0.338 e. The number of rotatable bonds is 9. The van der Waals surface area contributed by atoms with Gasteiger partial charge in [-0.1, -0.05) is 13.3 Å². The fraction of sp³-hybridized carbons (Fsp3) is 0.300. The van der Waals surface area contributed by atoms with Gasteiger partial charge in [-0.25, -0.2) is 17.6 Å². The van der Waals surface area contributed by atoms with Gasteiger partial charge < -0.3 is 10.1 Å². The van der Waals surface area contributed by atoms with Crippen LogP contribution in [0.2, 0.25) is 0 Å². The fourth-order valence-electron chi connectivity index (χ4n) is 2.30. The van der Waals surface area contributed by atoms with Crippen LogP contribution in [0.5, 0.6) is 0 Å². The first-order valence-electron chi connectivity index (χ1n) is 9.09. The maximum absolute atomic E-state index is 13.0. The Morgan fingerprint density at radius 3 is 2.28 bits per heavy atom. The summed E-state index contributed by atoms with van der Waals surface area (Å²) >= 11 is 0. The Balaban J connectivity index is 1.95. The largest absolute Gasteiger partial charge is 0.462 e. The molecule has 0 bridgehead atoms. The normalized spacial score (nSPS) is 12.2. The van der Waals surface area contributed by atoms with Gasteiger partial charge in [-0.3, -0.25) is 4.79 Å². The SMILES string of the molecule is CCCCOC(=O)c1ccc(NC(=O)[C@H](C)NS(=O)(=O)c2ccc(F)cc2)cc1. The lowest BCUT2D eigenvalue weighted by Crippen LogP contribution is -2.41. The third-order valence-electron chi connectivity index (χ3n) is 3.97. The number of carbonyl (C=O) groups is 2. The van der Waals surface area contributed by atoms with Gasteiger partial charge in [-0.05, 0) is 61.9 Å². The van der Waals surface area contributed by atoms with Crippen LogP contribution in [-0.2, 0) is 19.6 Å². The highest BCUT2D eigenvalue weighted by molar-refractivity contribution is 7.89. The summed E-state index contributed by atoms with van der Waals surface area (Å²) in [4.78, 5) is 24.0. The molecular weight excluding hydrogens is 399 g/mol. The zero-order valence-electron chi connectivity index (χ0n) is 16.1. The van der Waals surface area contributed by atoms with Crippen molar-refractivity contribution < 1.29 is 27.1 Å². The van der Waals surface area contributed by atoms with Crippen molar-refractivity contribution in [2.45, 2.75) is 37.6 Å². The topological polar surface area (TPSA) is 102 Å². The summed E-state index contributed by atoms with van der Waals surface area (Å²) in [7, 11) is -3.98. The zero-order valence-corrected chi connectivity index (χ0v) is 17.0. The van der Waals surface area contributed by atoms with Gasteiger partial charge in [-0.15, -0.1) is 0 Å². The van der Waals surface area contributed by atoms with E-state index in [1.54, 1.807) is 0 Å². The third-order valence-corrected chi connectivity index (χ3v) is 5.52. The molecule has 0 aliphatic carbocycles. The second-order valence-corrected chi connectivity index (χ2v) is 8.07. The molecule has 0 aliphatic heterocycles. The average molecular weight is 422 g/mol. The van der Waals surface area contributed by atoms with E-state index in [0.717, 1.165) is 37.1 Å². The molecule has 2 N–H and O–H groups in total. The Bertz CT molecular complexity index is 944. The molecule has 2 aromatic carbocycles. The number of nitrogens with one attached hydrogen (secondary N) is 2. The Kier molecular flexibility index (Phi) is 7.86. The standard InChI is InChI=1S/C20H23FN2O5S/c1-3-4-13-28-20(25)15-5-9-17(10-6-15)22-19(24)14(2)23-29(26,27)18-11-7-16(21)8-12-18/h5-12,14,23H,3-4,13H2,1-2H3,(H,22,24)/t14-/m0/s1. The lowest BCUT2D eigenvalue weighted by atomic mass is 10.2. The molecule has 0 unspecified atom stereocenters. The van der Waals surface area contributed by atoms with Crippen LogP contribution in [0.15, 0.2) is 53.4 Å². The van der Waals surface area contributed by atoms with Gasteiger partial charge in [0.15, 0.2) is 0 Å². The van der Waals surface area contributed by atoms with E-state index in [4.69, 9.17) is 4.74 Å². The van der Waals surface area contributed by atoms with Crippen LogP contribution in [0, 0.1) is 5.82 Å². The van der Waals surface area contributed by atoms with Crippen LogP contribution in [0.25, 0.3) is 0 Å². The van der Waals surface area contributed by atoms with Crippen molar-refractivity contribution in [3.05, 3.63) is 59.9 Å². The molecule has 0 spiro atoms. The summed E-state index contributed by atoms with van der Waals surface area (Å²) in [6.45, 7) is 3.72. The van der Waals surface area contributed by atoms with Crippen LogP contribution >= 0.6 is 0 Å². The lowest BCUT2D eigenvalue weighted by Gasteiger charge is -2.14. The minimum absolute atomic E-state index is 0.149. The van der Waals surface area contributed by atoms with Crippen molar-refractivity contribution in [1.29, 1.82) is 0 Å². The first-order valence-corrected chi connectivity index (χ1v) is 10.6. The molecule has 7 nitrogen and oxygen atoms in total. The van der Waals surface area contributed by atoms with E-state index in [9.17, 15) is 22.4 Å². The predicted octanol–water partition coefficient (Wildman–Crippen LogP) is 3.09. The van der Waals surface area contributed by atoms with E-state index in [-0.39, 0.29) is 4.90 Å². The Labute approximate surface area is 169 Å². The monoisotopic (exact) mass is 422 g/mol. The number of esters is 1. The highest BCUT2D eigenvalue weighted by atomic mass is 32.2. The summed E-state index contributed by atoms with van der Waals surface area (Å²) < 4.78 is 44.8. The second kappa shape index (κ2) is 10.1. The molecular formula is C20H23FN2O5S. The van der Waals surface area contributed by atoms with Crippen LogP contribution in [0.4, 0.5) is 10.1 Å². The summed E-state index contributed by atoms with van der Waals surface area (Å²) in [6.07, 6.45) is 1.70. The smallest absolute Gasteiger partial charge is 0.338 e. The Hall–Kier alpha value is -2.78. The van der Waals surface area contributed by atoms with E-state index in [1.165, 1.54) is 31.2 Å². The van der Waals surface area contributed by atoms with Crippen molar-refractivity contribution >= 4 is 27.6 Å². The molecule has 0 fully saturated rings. The van der Waals surface area contributed by atoms with Crippen LogP contribution in [-0.4, -0.2) is 32.9 Å².